The quantitative estimate of drug-likeness (QED) is 0.579. The minimum atomic E-state index is -2.86. The molecule has 2 rings (SSSR count). The van der Waals surface area contributed by atoms with Crippen LogP contribution in [0.4, 0.5) is 0 Å². The highest BCUT2D eigenvalue weighted by Crippen LogP contribution is 2.14. The first-order valence-electron chi connectivity index (χ1n) is 8.93. The van der Waals surface area contributed by atoms with Crippen molar-refractivity contribution < 1.29 is 8.42 Å². The Labute approximate surface area is 146 Å². The minimum absolute atomic E-state index is 0.244. The van der Waals surface area contributed by atoms with Crippen molar-refractivity contribution in [1.82, 2.24) is 4.57 Å². The van der Waals surface area contributed by atoms with Crippen molar-refractivity contribution in [3.8, 4) is 5.69 Å². The number of aromatic nitrogens is 1. The van der Waals surface area contributed by atoms with Crippen LogP contribution in [0, 0.1) is 0 Å². The Bertz CT molecular complexity index is 686. The fourth-order valence-electron chi connectivity index (χ4n) is 2.74. The van der Waals surface area contributed by atoms with Gasteiger partial charge in [-0.1, -0.05) is 31.4 Å². The monoisotopic (exact) mass is 347 g/mol. The standard InChI is InChI=1S/C20H29NO2S/c1-18(2)24(22,23)17-9-5-3-4-6-10-19-11-13-20(14-12-19)21-15-7-8-16-21/h7-8,11-16,18H,3-6,9-10,17H2,1-2H3. The first-order chi connectivity index (χ1) is 11.5. The third-order valence-electron chi connectivity index (χ3n) is 4.45. The Hall–Kier alpha value is -1.55. The molecule has 24 heavy (non-hydrogen) atoms. The molecule has 0 bridgehead atoms. The molecule has 0 saturated heterocycles. The van der Waals surface area contributed by atoms with Crippen molar-refractivity contribution in [2.45, 2.75) is 57.6 Å². The molecule has 0 radical (unpaired) electrons. The molecule has 0 atom stereocenters. The molecule has 0 saturated carbocycles. The van der Waals surface area contributed by atoms with Crippen molar-refractivity contribution in [3.63, 3.8) is 0 Å². The summed E-state index contributed by atoms with van der Waals surface area (Å²) in [6, 6.07) is 12.8. The average Bonchev–Trinajstić information content (AvgIpc) is 3.09. The van der Waals surface area contributed by atoms with Gasteiger partial charge in [0.15, 0.2) is 9.84 Å². The Morgan fingerprint density at radius 3 is 2.08 bits per heavy atom. The summed E-state index contributed by atoms with van der Waals surface area (Å²) in [6.45, 7) is 3.52. The zero-order valence-electron chi connectivity index (χ0n) is 14.8. The molecule has 1 aromatic carbocycles. The predicted octanol–water partition coefficient (Wildman–Crippen LogP) is 4.79. The fourth-order valence-corrected chi connectivity index (χ4v) is 3.82. The van der Waals surface area contributed by atoms with Gasteiger partial charge in [-0.15, -0.1) is 0 Å². The van der Waals surface area contributed by atoms with Gasteiger partial charge in [-0.3, -0.25) is 0 Å². The average molecular weight is 348 g/mol. The Morgan fingerprint density at radius 2 is 1.46 bits per heavy atom. The van der Waals surface area contributed by atoms with Crippen LogP contribution in [0.25, 0.3) is 5.69 Å². The fraction of sp³-hybridized carbons (Fsp3) is 0.500. The van der Waals surface area contributed by atoms with E-state index >= 15 is 0 Å². The summed E-state index contributed by atoms with van der Waals surface area (Å²) >= 11 is 0. The molecular weight excluding hydrogens is 318 g/mol. The highest BCUT2D eigenvalue weighted by atomic mass is 32.2. The van der Waals surface area contributed by atoms with Crippen LogP contribution >= 0.6 is 0 Å². The van der Waals surface area contributed by atoms with Gasteiger partial charge >= 0.3 is 0 Å². The number of rotatable bonds is 10. The zero-order chi connectivity index (χ0) is 17.4. The van der Waals surface area contributed by atoms with Gasteiger partial charge in [-0.05, 0) is 62.9 Å². The SMILES string of the molecule is CC(C)S(=O)(=O)CCCCCCCc1ccc(-n2cccc2)cc1. The molecule has 0 fully saturated rings. The maximum absolute atomic E-state index is 11.7. The number of sulfone groups is 1. The van der Waals surface area contributed by atoms with E-state index in [1.807, 2.05) is 12.1 Å². The number of hydrogen-bond donors (Lipinski definition) is 0. The molecule has 0 aliphatic heterocycles. The third kappa shape index (κ3) is 5.82. The number of unbranched alkanes of at least 4 members (excludes halogenated alkanes) is 4. The maximum atomic E-state index is 11.7. The van der Waals surface area contributed by atoms with E-state index in [4.69, 9.17) is 0 Å². The number of hydrogen-bond acceptors (Lipinski definition) is 2. The lowest BCUT2D eigenvalue weighted by atomic mass is 10.1. The van der Waals surface area contributed by atoms with Gasteiger partial charge in [0, 0.05) is 18.1 Å². The van der Waals surface area contributed by atoms with Gasteiger partial charge in [-0.25, -0.2) is 8.42 Å². The van der Waals surface area contributed by atoms with Gasteiger partial charge < -0.3 is 4.57 Å². The first-order valence-corrected chi connectivity index (χ1v) is 10.6. The second-order valence-corrected chi connectivity index (χ2v) is 9.37. The molecular formula is C20H29NO2S. The van der Waals surface area contributed by atoms with Crippen molar-refractivity contribution in [3.05, 3.63) is 54.4 Å². The highest BCUT2D eigenvalue weighted by molar-refractivity contribution is 7.91. The number of benzene rings is 1. The summed E-state index contributed by atoms with van der Waals surface area (Å²) in [5.74, 6) is 0.339. The topological polar surface area (TPSA) is 39.1 Å². The molecule has 0 aliphatic rings. The van der Waals surface area contributed by atoms with E-state index in [1.54, 1.807) is 13.8 Å². The lowest BCUT2D eigenvalue weighted by molar-refractivity contribution is 0.577. The first kappa shape index (κ1) is 18.8. The molecule has 1 aromatic heterocycles. The van der Waals surface area contributed by atoms with E-state index in [-0.39, 0.29) is 5.25 Å². The molecule has 4 heteroatoms. The van der Waals surface area contributed by atoms with Crippen LogP contribution in [0.1, 0.15) is 51.5 Å². The van der Waals surface area contributed by atoms with Gasteiger partial charge in [0.25, 0.3) is 0 Å². The summed E-state index contributed by atoms with van der Waals surface area (Å²) in [6.07, 6.45) is 10.5. The molecule has 2 aromatic rings. The van der Waals surface area contributed by atoms with Crippen LogP contribution in [-0.4, -0.2) is 24.0 Å². The molecule has 1 heterocycles. The maximum Gasteiger partial charge on any atom is 0.152 e. The van der Waals surface area contributed by atoms with Gasteiger partial charge in [0.1, 0.15) is 0 Å². The lowest BCUT2D eigenvalue weighted by Crippen LogP contribution is -2.17. The van der Waals surface area contributed by atoms with Crippen LogP contribution in [-0.2, 0) is 16.3 Å². The molecule has 0 aliphatic carbocycles. The summed E-state index contributed by atoms with van der Waals surface area (Å²) < 4.78 is 25.5. The van der Waals surface area contributed by atoms with Crippen LogP contribution in [0.2, 0.25) is 0 Å². The Balaban J connectivity index is 1.61. The van der Waals surface area contributed by atoms with Crippen LogP contribution in [0.5, 0.6) is 0 Å². The van der Waals surface area contributed by atoms with E-state index in [0.29, 0.717) is 5.75 Å². The van der Waals surface area contributed by atoms with Crippen LogP contribution < -0.4 is 0 Å². The van der Waals surface area contributed by atoms with E-state index in [9.17, 15) is 8.42 Å². The Kier molecular flexibility index (Phi) is 7.10. The van der Waals surface area contributed by atoms with Crippen molar-refractivity contribution in [2.75, 3.05) is 5.75 Å². The van der Waals surface area contributed by atoms with Crippen molar-refractivity contribution >= 4 is 9.84 Å². The van der Waals surface area contributed by atoms with Gasteiger partial charge in [0.2, 0.25) is 0 Å². The molecule has 0 amide bonds. The van der Waals surface area contributed by atoms with Crippen molar-refractivity contribution in [2.24, 2.45) is 0 Å². The summed E-state index contributed by atoms with van der Waals surface area (Å²) in [5.41, 5.74) is 2.56. The van der Waals surface area contributed by atoms with E-state index in [0.717, 1.165) is 25.7 Å². The predicted molar refractivity (Wildman–Crippen MR) is 101 cm³/mol. The molecule has 3 nitrogen and oxygen atoms in total. The van der Waals surface area contributed by atoms with E-state index in [2.05, 4.69) is 41.2 Å². The largest absolute Gasteiger partial charge is 0.324 e. The Morgan fingerprint density at radius 1 is 0.875 bits per heavy atom. The van der Waals surface area contributed by atoms with Crippen LogP contribution in [0.15, 0.2) is 48.8 Å². The zero-order valence-corrected chi connectivity index (χ0v) is 15.6. The molecule has 0 spiro atoms. The summed E-state index contributed by atoms with van der Waals surface area (Å²) in [4.78, 5) is 0. The second kappa shape index (κ2) is 9.07. The van der Waals surface area contributed by atoms with Gasteiger partial charge in [-0.2, -0.15) is 0 Å². The lowest BCUT2D eigenvalue weighted by Gasteiger charge is -2.07. The highest BCUT2D eigenvalue weighted by Gasteiger charge is 2.14. The second-order valence-electron chi connectivity index (χ2n) is 6.69. The summed E-state index contributed by atoms with van der Waals surface area (Å²) in [7, 11) is -2.86. The normalized spacial score (nSPS) is 12.0. The third-order valence-corrected chi connectivity index (χ3v) is 6.75. The van der Waals surface area contributed by atoms with Gasteiger partial charge in [0.05, 0.1) is 11.0 Å². The van der Waals surface area contributed by atoms with E-state index in [1.165, 1.54) is 24.1 Å². The summed E-state index contributed by atoms with van der Waals surface area (Å²) in [5, 5.41) is -0.244. The molecule has 132 valence electrons. The minimum Gasteiger partial charge on any atom is -0.324 e. The molecule has 0 unspecified atom stereocenters. The number of nitrogens with zero attached hydrogens (tertiary/aromatic N) is 1. The molecule has 0 N–H and O–H groups in total. The number of aryl methyl sites for hydroxylation is 1. The smallest absolute Gasteiger partial charge is 0.152 e. The van der Waals surface area contributed by atoms with Crippen molar-refractivity contribution in [1.29, 1.82) is 0 Å². The van der Waals surface area contributed by atoms with E-state index < -0.39 is 9.84 Å². The van der Waals surface area contributed by atoms with Crippen LogP contribution in [0.3, 0.4) is 0 Å².